The van der Waals surface area contributed by atoms with Crippen LogP contribution in [0.5, 0.6) is 0 Å². The van der Waals surface area contributed by atoms with Crippen molar-refractivity contribution in [2.24, 2.45) is 0 Å². The lowest BCUT2D eigenvalue weighted by Gasteiger charge is -2.39. The van der Waals surface area contributed by atoms with E-state index in [-0.39, 0.29) is 6.61 Å². The second-order valence-corrected chi connectivity index (χ2v) is 8.24. The SMILES string of the molecule is CC(=O)OC1C=COC(COC(c2ccccc2)(c2ccccc2)c2ccccc2)C1OC(C)=O. The minimum absolute atomic E-state index is 0.0543. The fourth-order valence-electron chi connectivity index (χ4n) is 4.36. The first kappa shape index (κ1) is 24.2. The summed E-state index contributed by atoms with van der Waals surface area (Å²) in [7, 11) is 0. The third-order valence-electron chi connectivity index (χ3n) is 5.82. The number of benzene rings is 3. The number of hydrogen-bond donors (Lipinski definition) is 0. The van der Waals surface area contributed by atoms with Gasteiger partial charge in [-0.2, -0.15) is 0 Å². The fraction of sp³-hybridized carbons (Fsp3) is 0.241. The Morgan fingerprint density at radius 1 is 0.743 bits per heavy atom. The molecule has 6 heteroatoms. The molecule has 0 N–H and O–H groups in total. The van der Waals surface area contributed by atoms with Gasteiger partial charge in [0, 0.05) is 13.8 Å². The van der Waals surface area contributed by atoms with Gasteiger partial charge in [-0.3, -0.25) is 9.59 Å². The van der Waals surface area contributed by atoms with E-state index in [0.29, 0.717) is 0 Å². The second-order valence-electron chi connectivity index (χ2n) is 8.24. The van der Waals surface area contributed by atoms with E-state index < -0.39 is 35.9 Å². The summed E-state index contributed by atoms with van der Waals surface area (Å²) < 4.78 is 23.5. The highest BCUT2D eigenvalue weighted by Gasteiger charge is 2.42. The van der Waals surface area contributed by atoms with Crippen LogP contribution < -0.4 is 0 Å². The molecule has 3 unspecified atom stereocenters. The van der Waals surface area contributed by atoms with Crippen LogP contribution in [0.4, 0.5) is 0 Å². The zero-order valence-corrected chi connectivity index (χ0v) is 19.7. The van der Waals surface area contributed by atoms with Crippen LogP contribution in [0.2, 0.25) is 0 Å². The zero-order valence-electron chi connectivity index (χ0n) is 19.7. The molecule has 35 heavy (non-hydrogen) atoms. The molecular formula is C29H28O6. The molecule has 0 aromatic heterocycles. The summed E-state index contributed by atoms with van der Waals surface area (Å²) in [6.07, 6.45) is 0.671. The molecule has 0 saturated heterocycles. The summed E-state index contributed by atoms with van der Waals surface area (Å²) in [5.41, 5.74) is 1.84. The predicted molar refractivity (Wildman–Crippen MR) is 130 cm³/mol. The Morgan fingerprint density at radius 2 is 1.20 bits per heavy atom. The van der Waals surface area contributed by atoms with Crippen LogP contribution in [0.3, 0.4) is 0 Å². The number of rotatable bonds is 8. The molecule has 0 radical (unpaired) electrons. The Kier molecular flexibility index (Phi) is 7.63. The first-order valence-corrected chi connectivity index (χ1v) is 11.5. The first-order chi connectivity index (χ1) is 17.0. The van der Waals surface area contributed by atoms with Gasteiger partial charge in [-0.05, 0) is 22.8 Å². The minimum atomic E-state index is -0.966. The van der Waals surface area contributed by atoms with Crippen LogP contribution in [-0.2, 0) is 34.1 Å². The van der Waals surface area contributed by atoms with E-state index in [4.69, 9.17) is 18.9 Å². The highest BCUT2D eigenvalue weighted by Crippen LogP contribution is 2.41. The van der Waals surface area contributed by atoms with Gasteiger partial charge in [0.1, 0.15) is 5.60 Å². The molecular weight excluding hydrogens is 444 g/mol. The number of esters is 2. The lowest BCUT2D eigenvalue weighted by molar-refractivity contribution is -0.180. The maximum Gasteiger partial charge on any atom is 0.303 e. The molecule has 0 fully saturated rings. The molecule has 0 saturated carbocycles. The average molecular weight is 473 g/mol. The molecule has 0 amide bonds. The van der Waals surface area contributed by atoms with Gasteiger partial charge >= 0.3 is 11.9 Å². The standard InChI is InChI=1S/C29H28O6/c1-21(30)34-26-18-19-32-27(28(26)35-22(2)31)20-33-29(23-12-6-3-7-13-23,24-14-8-4-9-15-24)25-16-10-5-11-17-25/h3-19,26-28H,20H2,1-2H3. The van der Waals surface area contributed by atoms with Crippen LogP contribution in [-0.4, -0.2) is 36.9 Å². The molecule has 1 aliphatic rings. The smallest absolute Gasteiger partial charge is 0.303 e. The van der Waals surface area contributed by atoms with Crippen molar-refractivity contribution in [3.63, 3.8) is 0 Å². The number of ether oxygens (including phenoxy) is 4. The molecule has 180 valence electrons. The molecule has 1 heterocycles. The zero-order chi connectivity index (χ0) is 24.7. The molecule has 0 spiro atoms. The third-order valence-corrected chi connectivity index (χ3v) is 5.82. The molecule has 3 atom stereocenters. The van der Waals surface area contributed by atoms with Crippen LogP contribution in [0.25, 0.3) is 0 Å². The maximum absolute atomic E-state index is 11.9. The lowest BCUT2D eigenvalue weighted by Crippen LogP contribution is -2.48. The minimum Gasteiger partial charge on any atom is -0.492 e. The van der Waals surface area contributed by atoms with Crippen molar-refractivity contribution in [2.45, 2.75) is 37.8 Å². The maximum atomic E-state index is 11.9. The van der Waals surface area contributed by atoms with Gasteiger partial charge in [-0.15, -0.1) is 0 Å². The largest absolute Gasteiger partial charge is 0.492 e. The summed E-state index contributed by atoms with van der Waals surface area (Å²) in [6, 6.07) is 29.8. The summed E-state index contributed by atoms with van der Waals surface area (Å²) in [5, 5.41) is 0. The van der Waals surface area contributed by atoms with Crippen LogP contribution in [0, 0.1) is 0 Å². The van der Waals surface area contributed by atoms with Crippen molar-refractivity contribution < 1.29 is 28.5 Å². The van der Waals surface area contributed by atoms with Gasteiger partial charge in [0.2, 0.25) is 0 Å². The van der Waals surface area contributed by atoms with Gasteiger partial charge in [0.25, 0.3) is 0 Å². The summed E-state index contributed by atoms with van der Waals surface area (Å²) in [6.45, 7) is 2.67. The molecule has 4 rings (SSSR count). The van der Waals surface area contributed by atoms with Crippen molar-refractivity contribution in [2.75, 3.05) is 6.61 Å². The van der Waals surface area contributed by atoms with Gasteiger partial charge in [-0.1, -0.05) is 91.0 Å². The van der Waals surface area contributed by atoms with Crippen LogP contribution in [0.15, 0.2) is 103 Å². The number of carbonyl (C=O) groups excluding carboxylic acids is 2. The van der Waals surface area contributed by atoms with E-state index >= 15 is 0 Å². The van der Waals surface area contributed by atoms with Crippen molar-refractivity contribution in [1.29, 1.82) is 0 Å². The summed E-state index contributed by atoms with van der Waals surface area (Å²) in [5.74, 6) is -0.984. The van der Waals surface area contributed by atoms with E-state index in [0.717, 1.165) is 16.7 Å². The third kappa shape index (κ3) is 5.44. The molecule has 3 aromatic carbocycles. The highest BCUT2D eigenvalue weighted by atomic mass is 16.6. The quantitative estimate of drug-likeness (QED) is 0.347. The van der Waals surface area contributed by atoms with Gasteiger partial charge in [0.05, 0.1) is 12.9 Å². The Bertz CT molecular complexity index is 1050. The second kappa shape index (κ2) is 11.0. The van der Waals surface area contributed by atoms with Crippen molar-refractivity contribution in [3.8, 4) is 0 Å². The van der Waals surface area contributed by atoms with Crippen LogP contribution in [0.1, 0.15) is 30.5 Å². The Labute approximate surface area is 205 Å². The van der Waals surface area contributed by atoms with Crippen molar-refractivity contribution in [1.82, 2.24) is 0 Å². The van der Waals surface area contributed by atoms with Crippen molar-refractivity contribution >= 4 is 11.9 Å². The van der Waals surface area contributed by atoms with E-state index in [1.54, 1.807) is 6.08 Å². The number of carbonyl (C=O) groups is 2. The van der Waals surface area contributed by atoms with E-state index in [2.05, 4.69) is 0 Å². The topological polar surface area (TPSA) is 71.1 Å². The molecule has 6 nitrogen and oxygen atoms in total. The van der Waals surface area contributed by atoms with Gasteiger partial charge in [-0.25, -0.2) is 0 Å². The Morgan fingerprint density at radius 3 is 1.63 bits per heavy atom. The van der Waals surface area contributed by atoms with E-state index in [1.807, 2.05) is 91.0 Å². The predicted octanol–water partition coefficient (Wildman–Crippen LogP) is 4.77. The highest BCUT2D eigenvalue weighted by molar-refractivity contribution is 5.67. The Hall–Kier alpha value is -3.90. The fourth-order valence-corrected chi connectivity index (χ4v) is 4.36. The molecule has 0 aliphatic carbocycles. The average Bonchev–Trinajstić information content (AvgIpc) is 2.87. The van der Waals surface area contributed by atoms with Gasteiger partial charge in [0.15, 0.2) is 18.3 Å². The van der Waals surface area contributed by atoms with Gasteiger partial charge < -0.3 is 18.9 Å². The molecule has 0 bridgehead atoms. The summed E-state index contributed by atoms with van der Waals surface area (Å²) >= 11 is 0. The first-order valence-electron chi connectivity index (χ1n) is 11.5. The van der Waals surface area contributed by atoms with Crippen LogP contribution >= 0.6 is 0 Å². The van der Waals surface area contributed by atoms with E-state index in [9.17, 15) is 9.59 Å². The normalized spacial score (nSPS) is 19.4. The molecule has 1 aliphatic heterocycles. The summed E-state index contributed by atoms with van der Waals surface area (Å²) in [4.78, 5) is 23.5. The van der Waals surface area contributed by atoms with E-state index in [1.165, 1.54) is 20.1 Å². The monoisotopic (exact) mass is 472 g/mol. The lowest BCUT2D eigenvalue weighted by atomic mass is 9.80. The Balaban J connectivity index is 1.76. The molecule has 3 aromatic rings. The van der Waals surface area contributed by atoms with Crippen molar-refractivity contribution in [3.05, 3.63) is 120 Å². The number of hydrogen-bond acceptors (Lipinski definition) is 6.